The van der Waals surface area contributed by atoms with Gasteiger partial charge in [0.15, 0.2) is 5.78 Å². The van der Waals surface area contributed by atoms with Gasteiger partial charge in [-0.3, -0.25) is 9.59 Å². The molecule has 0 aromatic rings. The van der Waals surface area contributed by atoms with Gasteiger partial charge < -0.3 is 21.3 Å². The standard InChI is InChI=1S/C27H56N4O2/c1-20(2)28-18-14-12-16-21(23(32)25(3,4)5)30-24(33)22(31-27(9,10)11)17-13-15-19-29-26(6,7)8/h20-22,28-29,31H,12-19H2,1-11H3,(H,30,33). The topological polar surface area (TPSA) is 82.3 Å². The van der Waals surface area contributed by atoms with Gasteiger partial charge in [-0.2, -0.15) is 0 Å². The Morgan fingerprint density at radius 3 is 1.67 bits per heavy atom. The van der Waals surface area contributed by atoms with E-state index in [9.17, 15) is 9.59 Å². The van der Waals surface area contributed by atoms with Gasteiger partial charge in [-0.15, -0.1) is 0 Å². The Balaban J connectivity index is 5.09. The normalized spacial score (nSPS) is 14.9. The number of carbonyl (C=O) groups is 2. The van der Waals surface area contributed by atoms with E-state index in [4.69, 9.17) is 0 Å². The fourth-order valence-corrected chi connectivity index (χ4v) is 3.66. The maximum absolute atomic E-state index is 13.3. The van der Waals surface area contributed by atoms with Gasteiger partial charge in [-0.1, -0.05) is 41.0 Å². The van der Waals surface area contributed by atoms with Gasteiger partial charge in [0.1, 0.15) is 0 Å². The Morgan fingerprint density at radius 1 is 0.697 bits per heavy atom. The summed E-state index contributed by atoms with van der Waals surface area (Å²) in [6.07, 6.45) is 5.29. The minimum absolute atomic E-state index is 0.0587. The van der Waals surface area contributed by atoms with Gasteiger partial charge in [-0.05, 0) is 86.7 Å². The van der Waals surface area contributed by atoms with Crippen molar-refractivity contribution in [3.63, 3.8) is 0 Å². The summed E-state index contributed by atoms with van der Waals surface area (Å²) in [5, 5.41) is 13.5. The lowest BCUT2D eigenvalue weighted by molar-refractivity contribution is -0.133. The van der Waals surface area contributed by atoms with Gasteiger partial charge in [0.25, 0.3) is 0 Å². The highest BCUT2D eigenvalue weighted by Gasteiger charge is 2.32. The van der Waals surface area contributed by atoms with E-state index in [0.717, 1.165) is 45.2 Å². The van der Waals surface area contributed by atoms with Crippen molar-refractivity contribution < 1.29 is 9.59 Å². The Hall–Kier alpha value is -0.980. The third-order valence-corrected chi connectivity index (χ3v) is 5.34. The molecular formula is C27H56N4O2. The van der Waals surface area contributed by atoms with E-state index in [1.165, 1.54) is 0 Å². The molecule has 0 aliphatic carbocycles. The fourth-order valence-electron chi connectivity index (χ4n) is 3.66. The third kappa shape index (κ3) is 17.2. The van der Waals surface area contributed by atoms with Crippen molar-refractivity contribution in [1.82, 2.24) is 21.3 Å². The summed E-state index contributed by atoms with van der Waals surface area (Å²) in [7, 11) is 0. The monoisotopic (exact) mass is 468 g/mol. The lowest BCUT2D eigenvalue weighted by Crippen LogP contribution is -2.55. The number of ketones is 1. The van der Waals surface area contributed by atoms with E-state index < -0.39 is 11.5 Å². The van der Waals surface area contributed by atoms with E-state index in [0.29, 0.717) is 12.5 Å². The van der Waals surface area contributed by atoms with Crippen molar-refractivity contribution in [2.45, 2.75) is 144 Å². The van der Waals surface area contributed by atoms with Crippen LogP contribution in [-0.4, -0.2) is 54.0 Å². The molecule has 0 heterocycles. The van der Waals surface area contributed by atoms with E-state index >= 15 is 0 Å². The van der Waals surface area contributed by atoms with Gasteiger partial charge in [0, 0.05) is 22.5 Å². The molecule has 2 atom stereocenters. The van der Waals surface area contributed by atoms with Crippen LogP contribution < -0.4 is 21.3 Å². The van der Waals surface area contributed by atoms with Crippen LogP contribution >= 0.6 is 0 Å². The number of nitrogens with one attached hydrogen (secondary N) is 4. The first-order valence-electron chi connectivity index (χ1n) is 13.0. The molecule has 6 heteroatoms. The molecule has 0 aliphatic heterocycles. The third-order valence-electron chi connectivity index (χ3n) is 5.34. The first-order valence-corrected chi connectivity index (χ1v) is 13.0. The number of rotatable bonds is 15. The lowest BCUT2D eigenvalue weighted by Gasteiger charge is -2.31. The first kappa shape index (κ1) is 32.0. The van der Waals surface area contributed by atoms with Crippen LogP contribution in [0.25, 0.3) is 0 Å². The summed E-state index contributed by atoms with van der Waals surface area (Å²) in [5.41, 5.74) is -0.566. The summed E-state index contributed by atoms with van der Waals surface area (Å²) in [6.45, 7) is 24.6. The molecule has 4 N–H and O–H groups in total. The average molecular weight is 469 g/mol. The zero-order valence-electron chi connectivity index (χ0n) is 23.7. The molecule has 0 spiro atoms. The van der Waals surface area contributed by atoms with Crippen LogP contribution in [0, 0.1) is 5.41 Å². The fraction of sp³-hybridized carbons (Fsp3) is 0.926. The van der Waals surface area contributed by atoms with Gasteiger partial charge >= 0.3 is 0 Å². The summed E-state index contributed by atoms with van der Waals surface area (Å²) in [6, 6.07) is -0.291. The Labute approximate surface area is 205 Å². The van der Waals surface area contributed by atoms with Gasteiger partial charge in [-0.25, -0.2) is 0 Å². The van der Waals surface area contributed by atoms with Crippen molar-refractivity contribution in [2.75, 3.05) is 13.1 Å². The highest BCUT2D eigenvalue weighted by Crippen LogP contribution is 2.20. The highest BCUT2D eigenvalue weighted by atomic mass is 16.2. The lowest BCUT2D eigenvalue weighted by atomic mass is 9.84. The molecule has 0 aromatic carbocycles. The highest BCUT2D eigenvalue weighted by molar-refractivity contribution is 5.93. The van der Waals surface area contributed by atoms with Crippen molar-refractivity contribution in [2.24, 2.45) is 5.41 Å². The molecule has 0 saturated heterocycles. The van der Waals surface area contributed by atoms with Crippen molar-refractivity contribution in [3.8, 4) is 0 Å². The molecule has 0 bridgehead atoms. The Bertz CT molecular complexity index is 568. The molecule has 0 radical (unpaired) electrons. The van der Waals surface area contributed by atoms with E-state index in [-0.39, 0.29) is 28.8 Å². The smallest absolute Gasteiger partial charge is 0.237 e. The van der Waals surface area contributed by atoms with Crippen molar-refractivity contribution in [3.05, 3.63) is 0 Å². The Morgan fingerprint density at radius 2 is 1.21 bits per heavy atom. The maximum atomic E-state index is 13.3. The maximum Gasteiger partial charge on any atom is 0.237 e. The van der Waals surface area contributed by atoms with Crippen LogP contribution in [0.5, 0.6) is 0 Å². The molecule has 0 aromatic heterocycles. The molecule has 0 rings (SSSR count). The van der Waals surface area contributed by atoms with E-state index in [1.807, 2.05) is 20.8 Å². The van der Waals surface area contributed by atoms with Crippen LogP contribution in [0.2, 0.25) is 0 Å². The minimum atomic E-state index is -0.486. The number of unbranched alkanes of at least 4 members (excludes halogenated alkanes) is 2. The second kappa shape index (κ2) is 14.4. The second-order valence-electron chi connectivity index (χ2n) is 12.9. The zero-order valence-corrected chi connectivity index (χ0v) is 23.7. The molecule has 0 saturated carbocycles. The van der Waals surface area contributed by atoms with Crippen LogP contribution in [0.3, 0.4) is 0 Å². The minimum Gasteiger partial charge on any atom is -0.345 e. The first-order chi connectivity index (χ1) is 14.9. The quantitative estimate of drug-likeness (QED) is 0.265. The molecule has 196 valence electrons. The predicted octanol–water partition coefficient (Wildman–Crippen LogP) is 4.57. The van der Waals surface area contributed by atoms with E-state index in [2.05, 4.69) is 76.7 Å². The van der Waals surface area contributed by atoms with Crippen LogP contribution in [0.4, 0.5) is 0 Å². The molecule has 0 aliphatic rings. The number of carbonyl (C=O) groups excluding carboxylic acids is 2. The number of amides is 1. The van der Waals surface area contributed by atoms with Crippen molar-refractivity contribution >= 4 is 11.7 Å². The SMILES string of the molecule is CC(C)NCCCCC(NC(=O)C(CCCCNC(C)(C)C)NC(C)(C)C)C(=O)C(C)(C)C. The Kier molecular flexibility index (Phi) is 14.0. The number of Topliss-reactive ketones (excluding diaryl/α,β-unsaturated/α-hetero) is 1. The van der Waals surface area contributed by atoms with Crippen molar-refractivity contribution in [1.29, 1.82) is 0 Å². The molecule has 1 amide bonds. The largest absolute Gasteiger partial charge is 0.345 e. The van der Waals surface area contributed by atoms with Crippen LogP contribution in [-0.2, 0) is 9.59 Å². The second-order valence-corrected chi connectivity index (χ2v) is 12.9. The molecule has 0 fully saturated rings. The summed E-state index contributed by atoms with van der Waals surface area (Å²) >= 11 is 0. The average Bonchev–Trinajstić information content (AvgIpc) is 2.62. The van der Waals surface area contributed by atoms with Gasteiger partial charge in [0.2, 0.25) is 5.91 Å². The number of hydrogen-bond acceptors (Lipinski definition) is 5. The molecule has 2 unspecified atom stereocenters. The molecular weight excluding hydrogens is 412 g/mol. The van der Waals surface area contributed by atoms with Crippen LogP contribution in [0.1, 0.15) is 115 Å². The zero-order chi connectivity index (χ0) is 25.9. The molecule has 6 nitrogen and oxygen atoms in total. The number of hydrogen-bond donors (Lipinski definition) is 4. The summed E-state index contributed by atoms with van der Waals surface area (Å²) in [5.74, 6) is 0.0492. The summed E-state index contributed by atoms with van der Waals surface area (Å²) < 4.78 is 0. The predicted molar refractivity (Wildman–Crippen MR) is 142 cm³/mol. The summed E-state index contributed by atoms with van der Waals surface area (Å²) in [4.78, 5) is 26.4. The van der Waals surface area contributed by atoms with E-state index in [1.54, 1.807) is 0 Å². The molecule has 33 heavy (non-hydrogen) atoms. The van der Waals surface area contributed by atoms with Gasteiger partial charge in [0.05, 0.1) is 12.1 Å². The van der Waals surface area contributed by atoms with Crippen LogP contribution in [0.15, 0.2) is 0 Å².